The molecule has 0 aliphatic carbocycles. The lowest BCUT2D eigenvalue weighted by molar-refractivity contribution is -0.122. The number of rotatable bonds is 7. The van der Waals surface area contributed by atoms with Gasteiger partial charge in [-0.25, -0.2) is 8.42 Å². The largest absolute Gasteiger partial charge is 0.354 e. The predicted octanol–water partition coefficient (Wildman–Crippen LogP) is 0.876. The van der Waals surface area contributed by atoms with Gasteiger partial charge in [-0.1, -0.05) is 19.1 Å². The van der Waals surface area contributed by atoms with Crippen LogP contribution in [0.5, 0.6) is 0 Å². The smallest absolute Gasteiger partial charge is 0.251 e. The van der Waals surface area contributed by atoms with Crippen molar-refractivity contribution in [3.05, 3.63) is 35.4 Å². The summed E-state index contributed by atoms with van der Waals surface area (Å²) < 4.78 is 22.4. The minimum absolute atomic E-state index is 0.0648. The van der Waals surface area contributed by atoms with Crippen LogP contribution in [0.4, 0.5) is 0 Å². The van der Waals surface area contributed by atoms with Crippen LogP contribution in [-0.4, -0.2) is 39.1 Å². The monoisotopic (exact) mass is 326 g/mol. The van der Waals surface area contributed by atoms with E-state index in [1.54, 1.807) is 31.2 Å². The number of carbonyl (C=O) groups excluding carboxylic acids is 2. The molecule has 0 spiro atoms. The number of nitrogens with one attached hydrogen (secondary N) is 2. The summed E-state index contributed by atoms with van der Waals surface area (Å²) in [5, 5.41) is 5.31. The highest BCUT2D eigenvalue weighted by molar-refractivity contribution is 7.89. The SMILES string of the molecule is CCCNC(=O)[C@H](C)NC(=O)c1ccc(CS(C)(=O)=O)cc1. The van der Waals surface area contributed by atoms with Gasteiger partial charge in [-0.15, -0.1) is 0 Å². The van der Waals surface area contributed by atoms with Crippen LogP contribution in [0.2, 0.25) is 0 Å². The fourth-order valence-corrected chi connectivity index (χ4v) is 2.60. The molecule has 1 aromatic carbocycles. The highest BCUT2D eigenvalue weighted by atomic mass is 32.2. The van der Waals surface area contributed by atoms with E-state index >= 15 is 0 Å². The van der Waals surface area contributed by atoms with Crippen molar-refractivity contribution in [3.63, 3.8) is 0 Å². The van der Waals surface area contributed by atoms with Crippen LogP contribution >= 0.6 is 0 Å². The molecule has 1 atom stereocenters. The highest BCUT2D eigenvalue weighted by Crippen LogP contribution is 2.08. The van der Waals surface area contributed by atoms with Crippen molar-refractivity contribution in [1.29, 1.82) is 0 Å². The minimum atomic E-state index is -3.10. The molecule has 0 aliphatic heterocycles. The number of carbonyl (C=O) groups is 2. The van der Waals surface area contributed by atoms with Crippen molar-refractivity contribution in [2.24, 2.45) is 0 Å². The Morgan fingerprint density at radius 3 is 2.27 bits per heavy atom. The van der Waals surface area contributed by atoms with Gasteiger partial charge in [0.05, 0.1) is 5.75 Å². The molecular formula is C15H22N2O4S. The zero-order valence-corrected chi connectivity index (χ0v) is 13.9. The van der Waals surface area contributed by atoms with Crippen molar-refractivity contribution in [2.45, 2.75) is 32.1 Å². The molecule has 0 saturated carbocycles. The number of benzene rings is 1. The fraction of sp³-hybridized carbons (Fsp3) is 0.467. The summed E-state index contributed by atoms with van der Waals surface area (Å²) in [4.78, 5) is 23.7. The van der Waals surface area contributed by atoms with Gasteiger partial charge in [-0.2, -0.15) is 0 Å². The van der Waals surface area contributed by atoms with Gasteiger partial charge in [0, 0.05) is 18.4 Å². The molecule has 2 amide bonds. The van der Waals surface area contributed by atoms with Gasteiger partial charge in [0.15, 0.2) is 9.84 Å². The Morgan fingerprint density at radius 2 is 1.77 bits per heavy atom. The fourth-order valence-electron chi connectivity index (χ4n) is 1.80. The lowest BCUT2D eigenvalue weighted by atomic mass is 10.1. The van der Waals surface area contributed by atoms with Crippen molar-refractivity contribution in [3.8, 4) is 0 Å². The maximum absolute atomic E-state index is 12.0. The average Bonchev–Trinajstić information content (AvgIpc) is 2.43. The van der Waals surface area contributed by atoms with E-state index in [2.05, 4.69) is 10.6 Å². The highest BCUT2D eigenvalue weighted by Gasteiger charge is 2.16. The van der Waals surface area contributed by atoms with Gasteiger partial charge in [-0.3, -0.25) is 9.59 Å². The number of amides is 2. The Hall–Kier alpha value is -1.89. The third-order valence-corrected chi connectivity index (χ3v) is 3.79. The topological polar surface area (TPSA) is 92.3 Å². The van der Waals surface area contributed by atoms with Crippen LogP contribution in [0.1, 0.15) is 36.2 Å². The first-order valence-electron chi connectivity index (χ1n) is 7.08. The van der Waals surface area contributed by atoms with E-state index in [1.807, 2.05) is 6.92 Å². The quantitative estimate of drug-likeness (QED) is 0.778. The molecule has 6 nitrogen and oxygen atoms in total. The summed E-state index contributed by atoms with van der Waals surface area (Å²) in [5.74, 6) is -0.668. The Balaban J connectivity index is 2.64. The lowest BCUT2D eigenvalue weighted by Crippen LogP contribution is -2.45. The first kappa shape index (κ1) is 18.2. The molecule has 2 N–H and O–H groups in total. The van der Waals surface area contributed by atoms with Gasteiger partial charge < -0.3 is 10.6 Å². The maximum atomic E-state index is 12.0. The first-order chi connectivity index (χ1) is 10.2. The van der Waals surface area contributed by atoms with Gasteiger partial charge in [0.2, 0.25) is 5.91 Å². The van der Waals surface area contributed by atoms with Gasteiger partial charge in [0.25, 0.3) is 5.91 Å². The summed E-state index contributed by atoms with van der Waals surface area (Å²) in [5.41, 5.74) is 1.00. The van der Waals surface area contributed by atoms with Gasteiger partial charge in [-0.05, 0) is 31.0 Å². The standard InChI is InChI=1S/C15H22N2O4S/c1-4-9-16-14(18)11(2)17-15(19)13-7-5-12(6-8-13)10-22(3,20)21/h5-8,11H,4,9-10H2,1-3H3,(H,16,18)(H,17,19)/t11-/m0/s1. The molecule has 0 heterocycles. The summed E-state index contributed by atoms with van der Waals surface area (Å²) in [6.07, 6.45) is 1.98. The molecule has 122 valence electrons. The van der Waals surface area contributed by atoms with E-state index in [4.69, 9.17) is 0 Å². The van der Waals surface area contributed by atoms with Gasteiger partial charge in [0.1, 0.15) is 6.04 Å². The second kappa shape index (κ2) is 7.93. The molecule has 0 fully saturated rings. The summed E-state index contributed by atoms with van der Waals surface area (Å²) >= 11 is 0. The summed E-state index contributed by atoms with van der Waals surface area (Å²) in [7, 11) is -3.10. The van der Waals surface area contributed by atoms with Crippen molar-refractivity contribution in [2.75, 3.05) is 12.8 Å². The first-order valence-corrected chi connectivity index (χ1v) is 9.14. The molecule has 1 aromatic rings. The van der Waals surface area contributed by atoms with Gasteiger partial charge >= 0.3 is 0 Å². The zero-order chi connectivity index (χ0) is 16.8. The van der Waals surface area contributed by atoms with E-state index < -0.39 is 15.9 Å². The minimum Gasteiger partial charge on any atom is -0.354 e. The molecular weight excluding hydrogens is 304 g/mol. The van der Waals surface area contributed by atoms with Crippen molar-refractivity contribution < 1.29 is 18.0 Å². The van der Waals surface area contributed by atoms with Crippen LogP contribution < -0.4 is 10.6 Å². The van der Waals surface area contributed by atoms with Crippen LogP contribution in [-0.2, 0) is 20.4 Å². The molecule has 22 heavy (non-hydrogen) atoms. The summed E-state index contributed by atoms with van der Waals surface area (Å²) in [6.45, 7) is 4.13. The third-order valence-electron chi connectivity index (χ3n) is 2.94. The number of hydrogen-bond acceptors (Lipinski definition) is 4. The van der Waals surface area contributed by atoms with E-state index in [1.165, 1.54) is 0 Å². The predicted molar refractivity (Wildman–Crippen MR) is 85.2 cm³/mol. The number of sulfone groups is 1. The molecule has 0 aliphatic rings. The average molecular weight is 326 g/mol. The Bertz CT molecular complexity index is 623. The van der Waals surface area contributed by atoms with Crippen molar-refractivity contribution >= 4 is 21.7 Å². The third kappa shape index (κ3) is 6.26. The van der Waals surface area contributed by atoms with Crippen LogP contribution in [0.25, 0.3) is 0 Å². The van der Waals surface area contributed by atoms with Crippen LogP contribution in [0.15, 0.2) is 24.3 Å². The Labute approximate surface area is 131 Å². The van der Waals surface area contributed by atoms with Crippen LogP contribution in [0.3, 0.4) is 0 Å². The van der Waals surface area contributed by atoms with E-state index in [9.17, 15) is 18.0 Å². The molecule has 7 heteroatoms. The van der Waals surface area contributed by atoms with E-state index in [-0.39, 0.29) is 17.6 Å². The van der Waals surface area contributed by atoms with Crippen LogP contribution in [0, 0.1) is 0 Å². The second-order valence-corrected chi connectivity index (χ2v) is 7.39. The normalized spacial score (nSPS) is 12.5. The number of hydrogen-bond donors (Lipinski definition) is 2. The molecule has 0 unspecified atom stereocenters. The summed E-state index contributed by atoms with van der Waals surface area (Å²) in [6, 6.07) is 5.66. The molecule has 0 saturated heterocycles. The molecule has 0 aromatic heterocycles. The lowest BCUT2D eigenvalue weighted by Gasteiger charge is -2.14. The Morgan fingerprint density at radius 1 is 1.18 bits per heavy atom. The van der Waals surface area contributed by atoms with Crippen molar-refractivity contribution in [1.82, 2.24) is 10.6 Å². The van der Waals surface area contributed by atoms with E-state index in [0.717, 1.165) is 12.7 Å². The zero-order valence-electron chi connectivity index (χ0n) is 13.0. The second-order valence-electron chi connectivity index (χ2n) is 5.25. The molecule has 1 rings (SSSR count). The molecule has 0 bridgehead atoms. The molecule has 0 radical (unpaired) electrons. The Kier molecular flexibility index (Phi) is 6.55. The van der Waals surface area contributed by atoms with E-state index in [0.29, 0.717) is 17.7 Å². The maximum Gasteiger partial charge on any atom is 0.251 e.